The Kier molecular flexibility index (Phi) is 6.03. The van der Waals surface area contributed by atoms with E-state index in [1.54, 1.807) is 0 Å². The van der Waals surface area contributed by atoms with Crippen LogP contribution in [-0.4, -0.2) is 59.1 Å². The highest BCUT2D eigenvalue weighted by Gasteiger charge is 2.46. The minimum atomic E-state index is -0.285. The van der Waals surface area contributed by atoms with Crippen LogP contribution in [0.3, 0.4) is 0 Å². The van der Waals surface area contributed by atoms with Crippen LogP contribution in [0.15, 0.2) is 43.0 Å². The van der Waals surface area contributed by atoms with Crippen molar-refractivity contribution in [3.05, 3.63) is 59.9 Å². The molecule has 0 bridgehead atoms. The number of anilines is 1. The van der Waals surface area contributed by atoms with E-state index in [0.717, 1.165) is 43.8 Å². The molecule has 202 valence electrons. The minimum absolute atomic E-state index is 0.0697. The second kappa shape index (κ2) is 9.59. The van der Waals surface area contributed by atoms with Gasteiger partial charge < -0.3 is 15.4 Å². The van der Waals surface area contributed by atoms with Crippen LogP contribution in [0.4, 0.5) is 10.2 Å². The fraction of sp³-hybridized carbons (Fsp3) is 0.452. The highest BCUT2D eigenvalue weighted by Crippen LogP contribution is 2.58. The van der Waals surface area contributed by atoms with E-state index in [-0.39, 0.29) is 17.3 Å². The first-order valence-corrected chi connectivity index (χ1v) is 14.2. The van der Waals surface area contributed by atoms with E-state index in [4.69, 9.17) is 9.72 Å². The number of hydrogen-bond donors (Lipinski definition) is 2. The van der Waals surface area contributed by atoms with Gasteiger partial charge in [0.2, 0.25) is 5.91 Å². The molecular weight excluding hydrogens is 493 g/mol. The van der Waals surface area contributed by atoms with Crippen LogP contribution in [0.5, 0.6) is 6.01 Å². The molecule has 2 atom stereocenters. The molecule has 39 heavy (non-hydrogen) atoms. The number of nitrogens with one attached hydrogen (secondary N) is 2. The van der Waals surface area contributed by atoms with Gasteiger partial charge in [-0.25, -0.2) is 4.39 Å². The zero-order chi connectivity index (χ0) is 26.6. The van der Waals surface area contributed by atoms with E-state index in [9.17, 15) is 4.79 Å². The zero-order valence-corrected chi connectivity index (χ0v) is 22.1. The van der Waals surface area contributed by atoms with Crippen LogP contribution >= 0.6 is 0 Å². The molecule has 7 rings (SSSR count). The molecule has 2 aromatic carbocycles. The molecule has 2 unspecified atom stereocenters. The van der Waals surface area contributed by atoms with Gasteiger partial charge in [0.15, 0.2) is 0 Å². The molecule has 2 aliphatic heterocycles. The van der Waals surface area contributed by atoms with E-state index < -0.39 is 0 Å². The fourth-order valence-corrected chi connectivity index (χ4v) is 7.21. The summed E-state index contributed by atoms with van der Waals surface area (Å²) in [4.78, 5) is 23.6. The van der Waals surface area contributed by atoms with Crippen LogP contribution < -0.4 is 15.4 Å². The second-order valence-electron chi connectivity index (χ2n) is 11.5. The molecule has 8 heteroatoms. The summed E-state index contributed by atoms with van der Waals surface area (Å²) in [6, 6.07) is 9.94. The van der Waals surface area contributed by atoms with Gasteiger partial charge in [-0.2, -0.15) is 9.97 Å². The average Bonchev–Trinajstić information content (AvgIpc) is 3.23. The fourth-order valence-electron chi connectivity index (χ4n) is 7.21. The first-order chi connectivity index (χ1) is 19.0. The number of rotatable bonds is 9. The largest absolute Gasteiger partial charge is 0.461 e. The number of amides is 1. The summed E-state index contributed by atoms with van der Waals surface area (Å²) >= 11 is 0. The Morgan fingerprint density at radius 2 is 2.03 bits per heavy atom. The molecule has 2 aliphatic carbocycles. The molecule has 1 aromatic heterocycles. The summed E-state index contributed by atoms with van der Waals surface area (Å²) in [5.41, 5.74) is 4.93. The number of carbonyl (C=O) groups excluding carboxylic acids is 1. The lowest BCUT2D eigenvalue weighted by Crippen LogP contribution is -2.43. The number of benzene rings is 2. The Bertz CT molecular complexity index is 1460. The number of nitrogens with zero attached hydrogens (tertiary/aromatic N) is 3. The van der Waals surface area contributed by atoms with Gasteiger partial charge in [-0.05, 0) is 98.3 Å². The topological polar surface area (TPSA) is 79.4 Å². The van der Waals surface area contributed by atoms with Crippen molar-refractivity contribution >= 4 is 22.6 Å². The Labute approximate surface area is 227 Å². The van der Waals surface area contributed by atoms with Crippen LogP contribution in [0, 0.1) is 11.7 Å². The Morgan fingerprint density at radius 1 is 1.18 bits per heavy atom. The van der Waals surface area contributed by atoms with Crippen LogP contribution in [-0.2, 0) is 11.2 Å². The third-order valence-electron chi connectivity index (χ3n) is 9.21. The smallest absolute Gasteiger partial charge is 0.319 e. The van der Waals surface area contributed by atoms with Gasteiger partial charge in [0.05, 0.1) is 11.1 Å². The molecule has 1 amide bonds. The summed E-state index contributed by atoms with van der Waals surface area (Å²) in [7, 11) is 0. The van der Waals surface area contributed by atoms with Gasteiger partial charge in [0.1, 0.15) is 18.2 Å². The van der Waals surface area contributed by atoms with Crippen LogP contribution in [0.1, 0.15) is 49.1 Å². The van der Waals surface area contributed by atoms with E-state index in [1.807, 2.05) is 18.2 Å². The first kappa shape index (κ1) is 24.5. The third kappa shape index (κ3) is 4.35. The maximum absolute atomic E-state index is 15.7. The molecule has 2 N–H and O–H groups in total. The van der Waals surface area contributed by atoms with Crippen molar-refractivity contribution in [2.45, 2.75) is 50.0 Å². The highest BCUT2D eigenvalue weighted by molar-refractivity contribution is 5.93. The molecule has 4 aliphatic rings. The number of hydrogen-bond acceptors (Lipinski definition) is 6. The first-order valence-electron chi connectivity index (χ1n) is 14.2. The summed E-state index contributed by atoms with van der Waals surface area (Å²) in [5, 5.41) is 6.61. The zero-order valence-electron chi connectivity index (χ0n) is 22.1. The molecule has 1 saturated carbocycles. The summed E-state index contributed by atoms with van der Waals surface area (Å²) in [6.07, 6.45) is 8.18. The monoisotopic (exact) mass is 527 g/mol. The molecular formula is C31H34FN5O2. The number of halogens is 1. The third-order valence-corrected chi connectivity index (χ3v) is 9.21. The Morgan fingerprint density at radius 3 is 2.85 bits per heavy atom. The SMILES string of the molecule is C=CC(=O)NCCNc1nc(OCC23CCCN2CCC3)nc2cc(-c3cccc4c3C3CC3C4)c(F)cc12. The van der Waals surface area contributed by atoms with Crippen LogP contribution in [0.2, 0.25) is 0 Å². The highest BCUT2D eigenvalue weighted by atomic mass is 19.1. The Balaban J connectivity index is 1.23. The van der Waals surface area contributed by atoms with Crippen molar-refractivity contribution in [3.63, 3.8) is 0 Å². The molecule has 3 heterocycles. The maximum Gasteiger partial charge on any atom is 0.319 e. The molecule has 7 nitrogen and oxygen atoms in total. The van der Waals surface area contributed by atoms with Gasteiger partial charge in [-0.15, -0.1) is 0 Å². The second-order valence-corrected chi connectivity index (χ2v) is 11.5. The van der Waals surface area contributed by atoms with Crippen molar-refractivity contribution in [2.75, 3.05) is 38.1 Å². The summed E-state index contributed by atoms with van der Waals surface area (Å²) in [6.45, 7) is 7.08. The number of ether oxygens (including phenoxy) is 1. The lowest BCUT2D eigenvalue weighted by Gasteiger charge is -2.31. The van der Waals surface area contributed by atoms with Gasteiger partial charge in [-0.1, -0.05) is 24.8 Å². The van der Waals surface area contributed by atoms with E-state index in [2.05, 4.69) is 33.2 Å². The maximum atomic E-state index is 15.7. The van der Waals surface area contributed by atoms with Gasteiger partial charge in [-0.3, -0.25) is 9.69 Å². The van der Waals surface area contributed by atoms with Crippen LogP contribution in [0.25, 0.3) is 22.0 Å². The molecule has 2 saturated heterocycles. The lowest BCUT2D eigenvalue weighted by atomic mass is 9.93. The van der Waals surface area contributed by atoms with Gasteiger partial charge in [0.25, 0.3) is 0 Å². The van der Waals surface area contributed by atoms with Crippen molar-refractivity contribution in [2.24, 2.45) is 5.92 Å². The predicted molar refractivity (Wildman–Crippen MR) is 149 cm³/mol. The number of fused-ring (bicyclic) bond motifs is 5. The Hall–Kier alpha value is -3.52. The van der Waals surface area contributed by atoms with Crippen molar-refractivity contribution in [1.29, 1.82) is 0 Å². The quantitative estimate of drug-likeness (QED) is 0.307. The number of carbonyl (C=O) groups is 1. The normalized spacial score (nSPS) is 22.3. The molecule has 3 aromatic rings. The van der Waals surface area contributed by atoms with Crippen molar-refractivity contribution in [3.8, 4) is 17.1 Å². The molecule has 3 fully saturated rings. The number of aromatic nitrogens is 2. The molecule has 0 radical (unpaired) electrons. The van der Waals surface area contributed by atoms with Gasteiger partial charge in [0, 0.05) is 24.0 Å². The lowest BCUT2D eigenvalue weighted by molar-refractivity contribution is -0.116. The van der Waals surface area contributed by atoms with E-state index in [0.29, 0.717) is 53.9 Å². The van der Waals surface area contributed by atoms with Crippen molar-refractivity contribution < 1.29 is 13.9 Å². The standard InChI is InChI=1S/C31H34FN5O2/c1-2-27(38)33-10-11-34-29-24-16-25(32)23(21-7-3-6-19-14-20-15-22(20)28(19)21)17-26(24)35-30(36-29)39-18-31-8-4-12-37(31)13-5-9-31/h2-3,6-7,16-17,20,22H,1,4-5,8-15,18H2,(H,33,38)(H,34,35,36). The van der Waals surface area contributed by atoms with E-state index in [1.165, 1.54) is 42.5 Å². The minimum Gasteiger partial charge on any atom is -0.461 e. The molecule has 0 spiro atoms. The van der Waals surface area contributed by atoms with E-state index >= 15 is 4.39 Å². The van der Waals surface area contributed by atoms with Crippen molar-refractivity contribution in [1.82, 2.24) is 20.2 Å². The average molecular weight is 528 g/mol. The summed E-state index contributed by atoms with van der Waals surface area (Å²) in [5.74, 6) is 1.25. The predicted octanol–water partition coefficient (Wildman–Crippen LogP) is 4.82. The summed E-state index contributed by atoms with van der Waals surface area (Å²) < 4.78 is 22.0. The van der Waals surface area contributed by atoms with Gasteiger partial charge >= 0.3 is 6.01 Å².